The van der Waals surface area contributed by atoms with Gasteiger partial charge in [-0.3, -0.25) is 4.98 Å². The minimum absolute atomic E-state index is 0.0735. The van der Waals surface area contributed by atoms with Gasteiger partial charge in [-0.05, 0) is 19.3 Å². The van der Waals surface area contributed by atoms with E-state index in [4.69, 9.17) is 5.11 Å². The molecule has 0 spiro atoms. The molecule has 1 aromatic heterocycles. The summed E-state index contributed by atoms with van der Waals surface area (Å²) in [5.41, 5.74) is -0.264. The quantitative estimate of drug-likeness (QED) is 0.644. The molecule has 0 bridgehead atoms. The molecule has 0 aromatic carbocycles. The van der Waals surface area contributed by atoms with Crippen LogP contribution < -0.4 is 10.7 Å². The Morgan fingerprint density at radius 2 is 2.00 bits per heavy atom. The van der Waals surface area contributed by atoms with Crippen LogP contribution in [0.1, 0.15) is 19.3 Å². The topological polar surface area (TPSA) is 61.3 Å². The van der Waals surface area contributed by atoms with Gasteiger partial charge < -0.3 is 10.1 Å². The monoisotopic (exact) mass is 183 g/mol. The molecular formula is C8H13N3O2. The first kappa shape index (κ1) is 8.22. The fourth-order valence-corrected chi connectivity index (χ4v) is 1.68. The van der Waals surface area contributed by atoms with Crippen LogP contribution in [-0.2, 0) is 0 Å². The lowest BCUT2D eigenvalue weighted by molar-refractivity contribution is 0.450. The maximum Gasteiger partial charge on any atom is 0.347 e. The minimum atomic E-state index is -0.264. The number of nitrogens with zero attached hydrogens (tertiary/aromatic N) is 2. The van der Waals surface area contributed by atoms with Gasteiger partial charge in [0.25, 0.3) is 0 Å². The SMILES string of the molecule is O=c1[nH]c(O)cn1N1CCCCC1. The van der Waals surface area contributed by atoms with Gasteiger partial charge in [0.1, 0.15) is 0 Å². The van der Waals surface area contributed by atoms with E-state index in [1.54, 1.807) is 0 Å². The Bertz CT molecular complexity index is 335. The van der Waals surface area contributed by atoms with Gasteiger partial charge in [0.2, 0.25) is 5.88 Å². The molecule has 2 N–H and O–H groups in total. The summed E-state index contributed by atoms with van der Waals surface area (Å²) >= 11 is 0. The van der Waals surface area contributed by atoms with Crippen molar-refractivity contribution < 1.29 is 5.11 Å². The first-order valence-corrected chi connectivity index (χ1v) is 4.53. The molecule has 1 aliphatic heterocycles. The minimum Gasteiger partial charge on any atom is -0.493 e. The number of nitrogens with one attached hydrogen (secondary N) is 1. The summed E-state index contributed by atoms with van der Waals surface area (Å²) < 4.78 is 1.45. The highest BCUT2D eigenvalue weighted by atomic mass is 16.3. The first-order chi connectivity index (χ1) is 6.27. The van der Waals surface area contributed by atoms with Crippen LogP contribution in [0, 0.1) is 0 Å². The lowest BCUT2D eigenvalue weighted by Gasteiger charge is -2.28. The first-order valence-electron chi connectivity index (χ1n) is 4.53. The summed E-state index contributed by atoms with van der Waals surface area (Å²) in [7, 11) is 0. The average molecular weight is 183 g/mol. The molecule has 1 fully saturated rings. The number of imidazole rings is 1. The third kappa shape index (κ3) is 1.54. The maximum absolute atomic E-state index is 11.2. The number of aromatic hydroxyl groups is 1. The van der Waals surface area contributed by atoms with Gasteiger partial charge in [-0.2, -0.15) is 0 Å². The Labute approximate surface area is 75.6 Å². The van der Waals surface area contributed by atoms with Crippen molar-refractivity contribution in [3.63, 3.8) is 0 Å². The van der Waals surface area contributed by atoms with Crippen LogP contribution in [0.2, 0.25) is 0 Å². The lowest BCUT2D eigenvalue weighted by atomic mass is 10.2. The van der Waals surface area contributed by atoms with E-state index in [1.807, 2.05) is 5.01 Å². The zero-order valence-corrected chi connectivity index (χ0v) is 7.36. The fourth-order valence-electron chi connectivity index (χ4n) is 1.68. The summed E-state index contributed by atoms with van der Waals surface area (Å²) in [6, 6.07) is 0. The number of hydrogen-bond donors (Lipinski definition) is 2. The van der Waals surface area contributed by atoms with Crippen LogP contribution in [0.3, 0.4) is 0 Å². The van der Waals surface area contributed by atoms with Gasteiger partial charge in [0.15, 0.2) is 0 Å². The summed E-state index contributed by atoms with van der Waals surface area (Å²) in [5.74, 6) is -0.0735. The molecule has 2 rings (SSSR count). The summed E-state index contributed by atoms with van der Waals surface area (Å²) in [6.45, 7) is 1.77. The second-order valence-electron chi connectivity index (χ2n) is 3.30. The van der Waals surface area contributed by atoms with Crippen LogP contribution in [0.15, 0.2) is 11.0 Å². The molecule has 2 heterocycles. The molecule has 0 aliphatic carbocycles. The zero-order valence-electron chi connectivity index (χ0n) is 7.36. The Balaban J connectivity index is 2.23. The summed E-state index contributed by atoms with van der Waals surface area (Å²) in [4.78, 5) is 13.6. The lowest BCUT2D eigenvalue weighted by Crippen LogP contribution is -2.43. The van der Waals surface area contributed by atoms with E-state index in [9.17, 15) is 4.79 Å². The summed E-state index contributed by atoms with van der Waals surface area (Å²) in [5, 5.41) is 11.0. The van der Waals surface area contributed by atoms with Gasteiger partial charge in [-0.25, -0.2) is 9.47 Å². The van der Waals surface area contributed by atoms with Crippen molar-refractivity contribution in [2.24, 2.45) is 0 Å². The smallest absolute Gasteiger partial charge is 0.347 e. The van der Waals surface area contributed by atoms with Gasteiger partial charge in [-0.15, -0.1) is 0 Å². The van der Waals surface area contributed by atoms with Crippen LogP contribution in [0.25, 0.3) is 0 Å². The highest BCUT2D eigenvalue weighted by Gasteiger charge is 2.13. The van der Waals surface area contributed by atoms with Crippen molar-refractivity contribution in [3.05, 3.63) is 16.7 Å². The Morgan fingerprint density at radius 1 is 1.31 bits per heavy atom. The number of aromatic nitrogens is 2. The van der Waals surface area contributed by atoms with Gasteiger partial charge >= 0.3 is 5.69 Å². The van der Waals surface area contributed by atoms with Crippen LogP contribution in [0.5, 0.6) is 5.88 Å². The van der Waals surface area contributed by atoms with Crippen molar-refractivity contribution in [2.75, 3.05) is 18.1 Å². The van der Waals surface area contributed by atoms with E-state index in [0.717, 1.165) is 25.9 Å². The molecule has 5 heteroatoms. The van der Waals surface area contributed by atoms with Crippen LogP contribution in [0.4, 0.5) is 0 Å². The molecule has 5 nitrogen and oxygen atoms in total. The van der Waals surface area contributed by atoms with Gasteiger partial charge in [-0.1, -0.05) is 0 Å². The van der Waals surface area contributed by atoms with Crippen LogP contribution in [-0.4, -0.2) is 27.9 Å². The molecule has 0 atom stereocenters. The van der Waals surface area contributed by atoms with Crippen molar-refractivity contribution in [1.29, 1.82) is 0 Å². The molecule has 0 unspecified atom stereocenters. The second-order valence-corrected chi connectivity index (χ2v) is 3.30. The van der Waals surface area contributed by atoms with Crippen molar-refractivity contribution in [3.8, 4) is 5.88 Å². The molecule has 0 amide bonds. The van der Waals surface area contributed by atoms with E-state index in [-0.39, 0.29) is 11.6 Å². The Morgan fingerprint density at radius 3 is 2.54 bits per heavy atom. The van der Waals surface area contributed by atoms with E-state index in [0.29, 0.717) is 0 Å². The third-order valence-electron chi connectivity index (χ3n) is 2.32. The molecule has 0 radical (unpaired) electrons. The largest absolute Gasteiger partial charge is 0.493 e. The molecular weight excluding hydrogens is 170 g/mol. The molecule has 72 valence electrons. The number of rotatable bonds is 1. The Hall–Kier alpha value is -1.39. The maximum atomic E-state index is 11.2. The normalized spacial score (nSPS) is 17.7. The van der Waals surface area contributed by atoms with E-state index < -0.39 is 0 Å². The van der Waals surface area contributed by atoms with Crippen molar-refractivity contribution in [2.45, 2.75) is 19.3 Å². The number of H-pyrrole nitrogens is 1. The van der Waals surface area contributed by atoms with Crippen molar-refractivity contribution in [1.82, 2.24) is 9.66 Å². The number of piperidine rings is 1. The van der Waals surface area contributed by atoms with Gasteiger partial charge in [0.05, 0.1) is 6.20 Å². The van der Waals surface area contributed by atoms with Crippen molar-refractivity contribution >= 4 is 0 Å². The molecule has 1 aliphatic rings. The van der Waals surface area contributed by atoms with E-state index >= 15 is 0 Å². The fraction of sp³-hybridized carbons (Fsp3) is 0.625. The predicted molar refractivity (Wildman–Crippen MR) is 48.5 cm³/mol. The zero-order chi connectivity index (χ0) is 9.26. The average Bonchev–Trinajstić information content (AvgIpc) is 2.47. The highest BCUT2D eigenvalue weighted by molar-refractivity contribution is 5.04. The number of hydrogen-bond acceptors (Lipinski definition) is 3. The molecule has 0 saturated carbocycles. The van der Waals surface area contributed by atoms with Gasteiger partial charge in [0, 0.05) is 13.1 Å². The van der Waals surface area contributed by atoms with Crippen LogP contribution >= 0.6 is 0 Å². The molecule has 1 saturated heterocycles. The molecule has 13 heavy (non-hydrogen) atoms. The molecule has 1 aromatic rings. The number of aromatic amines is 1. The van der Waals surface area contributed by atoms with E-state index in [1.165, 1.54) is 17.3 Å². The highest BCUT2D eigenvalue weighted by Crippen LogP contribution is 2.08. The van der Waals surface area contributed by atoms with E-state index in [2.05, 4.69) is 4.98 Å². The summed E-state index contributed by atoms with van der Waals surface area (Å²) in [6.07, 6.45) is 4.87. The predicted octanol–water partition coefficient (Wildman–Crippen LogP) is 0.00390. The third-order valence-corrected chi connectivity index (χ3v) is 2.32. The standard InChI is InChI=1S/C8H13N3O2/c12-7-6-11(8(13)9-7)10-4-2-1-3-5-10/h6,12H,1-5H2,(H,9,13). The second kappa shape index (κ2) is 3.16. The Kier molecular flexibility index (Phi) is 2.00.